The summed E-state index contributed by atoms with van der Waals surface area (Å²) in [6.07, 6.45) is 0. The fourth-order valence-electron chi connectivity index (χ4n) is 1.17. The van der Waals surface area contributed by atoms with E-state index < -0.39 is 10.3 Å². The van der Waals surface area contributed by atoms with Gasteiger partial charge in [-0.15, -0.1) is 12.6 Å². The third-order valence-corrected chi connectivity index (χ3v) is 4.47. The highest BCUT2D eigenvalue weighted by atomic mass is 79.9. The third kappa shape index (κ3) is 4.22. The minimum atomic E-state index is -4.37. The standard InChI is InChI=1S/C10H8BrF3OS2/c1-5(15)8(11)6-3-2-4-7(9(6)16)17-10(12,13)14/h2-4,8,16H,1H3. The molecule has 7 heteroatoms. The molecule has 1 rings (SSSR count). The van der Waals surface area contributed by atoms with E-state index >= 15 is 0 Å². The molecule has 0 aliphatic carbocycles. The van der Waals surface area contributed by atoms with Crippen LogP contribution in [0.15, 0.2) is 28.0 Å². The van der Waals surface area contributed by atoms with Gasteiger partial charge in [0.25, 0.3) is 0 Å². The number of carbonyl (C=O) groups excluding carboxylic acids is 1. The quantitative estimate of drug-likeness (QED) is 0.489. The molecule has 1 aromatic rings. The Bertz CT molecular complexity index is 434. The molecule has 0 saturated carbocycles. The van der Waals surface area contributed by atoms with Crippen LogP contribution in [-0.4, -0.2) is 11.3 Å². The van der Waals surface area contributed by atoms with Crippen molar-refractivity contribution >= 4 is 46.1 Å². The van der Waals surface area contributed by atoms with Gasteiger partial charge in [0.15, 0.2) is 0 Å². The van der Waals surface area contributed by atoms with E-state index in [4.69, 9.17) is 0 Å². The number of thiol groups is 1. The number of hydrogen-bond donors (Lipinski definition) is 1. The number of alkyl halides is 4. The molecular formula is C10H8BrF3OS2. The number of benzene rings is 1. The normalized spacial score (nSPS) is 13.5. The Kier molecular flexibility index (Phi) is 4.97. The number of rotatable bonds is 3. The second-order valence-electron chi connectivity index (χ2n) is 3.21. The van der Waals surface area contributed by atoms with Crippen LogP contribution in [0.5, 0.6) is 0 Å². The van der Waals surface area contributed by atoms with Crippen molar-refractivity contribution in [3.63, 3.8) is 0 Å². The average molecular weight is 345 g/mol. The molecule has 0 aliphatic heterocycles. The largest absolute Gasteiger partial charge is 0.446 e. The topological polar surface area (TPSA) is 17.1 Å². The minimum Gasteiger partial charge on any atom is -0.298 e. The van der Waals surface area contributed by atoms with E-state index in [2.05, 4.69) is 28.6 Å². The molecule has 0 heterocycles. The molecule has 1 nitrogen and oxygen atoms in total. The van der Waals surface area contributed by atoms with Crippen molar-refractivity contribution in [2.75, 3.05) is 0 Å². The maximum absolute atomic E-state index is 12.3. The number of halogens is 4. The summed E-state index contributed by atoms with van der Waals surface area (Å²) in [6.45, 7) is 1.36. The van der Waals surface area contributed by atoms with Crippen molar-refractivity contribution in [2.45, 2.75) is 27.1 Å². The van der Waals surface area contributed by atoms with Crippen molar-refractivity contribution in [3.05, 3.63) is 23.8 Å². The molecule has 94 valence electrons. The van der Waals surface area contributed by atoms with Crippen LogP contribution in [0.1, 0.15) is 17.3 Å². The molecule has 0 amide bonds. The summed E-state index contributed by atoms with van der Waals surface area (Å²) in [6, 6.07) is 4.37. The highest BCUT2D eigenvalue weighted by Crippen LogP contribution is 2.42. The Morgan fingerprint density at radius 1 is 1.47 bits per heavy atom. The van der Waals surface area contributed by atoms with Gasteiger partial charge in [-0.1, -0.05) is 28.1 Å². The zero-order chi connectivity index (χ0) is 13.2. The van der Waals surface area contributed by atoms with Crippen molar-refractivity contribution < 1.29 is 18.0 Å². The van der Waals surface area contributed by atoms with Crippen molar-refractivity contribution in [3.8, 4) is 0 Å². The fraction of sp³-hybridized carbons (Fsp3) is 0.300. The lowest BCUT2D eigenvalue weighted by molar-refractivity contribution is -0.116. The highest BCUT2D eigenvalue weighted by molar-refractivity contribution is 9.09. The lowest BCUT2D eigenvalue weighted by Gasteiger charge is -2.14. The number of hydrogen-bond acceptors (Lipinski definition) is 3. The average Bonchev–Trinajstić information content (AvgIpc) is 2.18. The van der Waals surface area contributed by atoms with Gasteiger partial charge in [-0.2, -0.15) is 13.2 Å². The number of thioether (sulfide) groups is 1. The van der Waals surface area contributed by atoms with Gasteiger partial charge in [0.2, 0.25) is 0 Å². The number of carbonyl (C=O) groups is 1. The minimum absolute atomic E-state index is 0.0102. The molecule has 0 aliphatic rings. The van der Waals surface area contributed by atoms with E-state index in [-0.39, 0.29) is 27.3 Å². The van der Waals surface area contributed by atoms with E-state index in [1.807, 2.05) is 0 Å². The summed E-state index contributed by atoms with van der Waals surface area (Å²) >= 11 is 6.94. The Hall–Kier alpha value is -0.140. The molecule has 0 saturated heterocycles. The van der Waals surface area contributed by atoms with Gasteiger partial charge in [0.05, 0.1) is 4.83 Å². The van der Waals surface area contributed by atoms with Crippen molar-refractivity contribution in [2.24, 2.45) is 0 Å². The first-order valence-electron chi connectivity index (χ1n) is 4.44. The molecule has 17 heavy (non-hydrogen) atoms. The molecule has 1 atom stereocenters. The summed E-state index contributed by atoms with van der Waals surface area (Å²) in [5.74, 6) is -0.186. The monoisotopic (exact) mass is 344 g/mol. The Morgan fingerprint density at radius 3 is 2.53 bits per heavy atom. The van der Waals surface area contributed by atoms with Gasteiger partial charge in [-0.3, -0.25) is 4.79 Å². The molecule has 0 fully saturated rings. The van der Waals surface area contributed by atoms with Crippen molar-refractivity contribution in [1.29, 1.82) is 0 Å². The lowest BCUT2D eigenvalue weighted by atomic mass is 10.1. The predicted octanol–water partition coefficient (Wildman–Crippen LogP) is 4.61. The second kappa shape index (κ2) is 5.67. The van der Waals surface area contributed by atoms with E-state index in [9.17, 15) is 18.0 Å². The van der Waals surface area contributed by atoms with Crippen LogP contribution in [0.3, 0.4) is 0 Å². The zero-order valence-corrected chi connectivity index (χ0v) is 11.9. The van der Waals surface area contributed by atoms with Crippen LogP contribution < -0.4 is 0 Å². The third-order valence-electron chi connectivity index (χ3n) is 1.89. The predicted molar refractivity (Wildman–Crippen MR) is 68.0 cm³/mol. The molecule has 1 aromatic carbocycles. The van der Waals surface area contributed by atoms with Crippen LogP contribution in [0.2, 0.25) is 0 Å². The molecule has 0 bridgehead atoms. The second-order valence-corrected chi connectivity index (χ2v) is 5.68. The van der Waals surface area contributed by atoms with Crippen LogP contribution in [-0.2, 0) is 4.79 Å². The fourth-order valence-corrected chi connectivity index (χ4v) is 2.75. The summed E-state index contributed by atoms with van der Waals surface area (Å²) in [7, 11) is 0. The number of Topliss-reactive ketones (excluding diaryl/α,β-unsaturated/α-hetero) is 1. The maximum Gasteiger partial charge on any atom is 0.446 e. The molecule has 0 radical (unpaired) electrons. The lowest BCUT2D eigenvalue weighted by Crippen LogP contribution is -2.04. The Labute approximate surface area is 115 Å². The highest BCUT2D eigenvalue weighted by Gasteiger charge is 2.31. The molecule has 0 N–H and O–H groups in total. The SMILES string of the molecule is CC(=O)C(Br)c1cccc(SC(F)(F)F)c1S. The van der Waals surface area contributed by atoms with Crippen LogP contribution in [0.4, 0.5) is 13.2 Å². The van der Waals surface area contributed by atoms with Gasteiger partial charge in [0.1, 0.15) is 5.78 Å². The summed E-state index contributed by atoms with van der Waals surface area (Å²) in [4.78, 5) is 10.7. The molecular weight excluding hydrogens is 337 g/mol. The number of ketones is 1. The van der Waals surface area contributed by atoms with Gasteiger partial charge < -0.3 is 0 Å². The van der Waals surface area contributed by atoms with E-state index in [1.54, 1.807) is 6.07 Å². The summed E-state index contributed by atoms with van der Waals surface area (Å²) in [5, 5.41) is 0. The smallest absolute Gasteiger partial charge is 0.298 e. The Morgan fingerprint density at radius 2 is 2.06 bits per heavy atom. The van der Waals surface area contributed by atoms with Crippen LogP contribution >= 0.6 is 40.3 Å². The first-order chi connectivity index (χ1) is 7.72. The molecule has 0 aromatic heterocycles. The first-order valence-corrected chi connectivity index (χ1v) is 6.62. The van der Waals surface area contributed by atoms with Gasteiger partial charge in [-0.05, 0) is 30.3 Å². The zero-order valence-electron chi connectivity index (χ0n) is 8.58. The van der Waals surface area contributed by atoms with Crippen LogP contribution in [0.25, 0.3) is 0 Å². The van der Waals surface area contributed by atoms with Crippen LogP contribution in [0, 0.1) is 0 Å². The van der Waals surface area contributed by atoms with Gasteiger partial charge in [-0.25, -0.2) is 0 Å². The Balaban J connectivity index is 3.12. The van der Waals surface area contributed by atoms with E-state index in [0.29, 0.717) is 5.56 Å². The van der Waals surface area contributed by atoms with Gasteiger partial charge in [0, 0.05) is 9.79 Å². The van der Waals surface area contributed by atoms with E-state index in [0.717, 1.165) is 0 Å². The van der Waals surface area contributed by atoms with Crippen molar-refractivity contribution in [1.82, 2.24) is 0 Å². The van der Waals surface area contributed by atoms with E-state index in [1.165, 1.54) is 19.1 Å². The first kappa shape index (κ1) is 14.9. The summed E-state index contributed by atoms with van der Waals surface area (Å²) < 4.78 is 36.8. The molecule has 1 unspecified atom stereocenters. The maximum atomic E-state index is 12.3. The summed E-state index contributed by atoms with van der Waals surface area (Å²) in [5.41, 5.74) is -3.93. The van der Waals surface area contributed by atoms with Gasteiger partial charge >= 0.3 is 5.51 Å². The molecule has 0 spiro atoms.